The number of hydrogen-bond acceptors (Lipinski definition) is 4. The average Bonchev–Trinajstić information content (AvgIpc) is 2.37. The number of halogens is 1. The van der Waals surface area contributed by atoms with Gasteiger partial charge in [0.25, 0.3) is 10.2 Å². The summed E-state index contributed by atoms with van der Waals surface area (Å²) in [4.78, 5) is 0. The first-order chi connectivity index (χ1) is 8.89. The molecular formula is C10H15FN4O3S. The Morgan fingerprint density at radius 1 is 1.53 bits per heavy atom. The monoisotopic (exact) mass is 290 g/mol. The van der Waals surface area contributed by atoms with Crippen molar-refractivity contribution in [2.24, 2.45) is 10.9 Å². The normalized spacial score (nSPS) is 12.4. The first-order valence-electron chi connectivity index (χ1n) is 5.44. The highest BCUT2D eigenvalue weighted by atomic mass is 32.2. The molecule has 7 nitrogen and oxygen atoms in total. The maximum Gasteiger partial charge on any atom is 0.299 e. The van der Waals surface area contributed by atoms with Gasteiger partial charge in [0.1, 0.15) is 5.82 Å². The van der Waals surface area contributed by atoms with Crippen molar-refractivity contribution in [2.75, 3.05) is 11.3 Å². The summed E-state index contributed by atoms with van der Waals surface area (Å²) in [7, 11) is -3.79. The Labute approximate surface area is 110 Å². The van der Waals surface area contributed by atoms with E-state index < -0.39 is 21.9 Å². The van der Waals surface area contributed by atoms with E-state index in [1.807, 2.05) is 6.92 Å². The molecule has 0 unspecified atom stereocenters. The van der Waals surface area contributed by atoms with E-state index >= 15 is 0 Å². The molecule has 0 spiro atoms. The van der Waals surface area contributed by atoms with Crippen LogP contribution in [0.1, 0.15) is 18.9 Å². The number of benzene rings is 1. The molecule has 1 aromatic rings. The standard InChI is InChI=1S/C10H15FN4O3S/c1-2-5-13-19(17,18)15-9-4-3-7(11)6-8(9)10(12)14-16/h3-4,6,13,15-16H,2,5H2,1H3,(H2,12,14). The lowest BCUT2D eigenvalue weighted by Gasteiger charge is -2.12. The predicted molar refractivity (Wildman–Crippen MR) is 69.7 cm³/mol. The number of anilines is 1. The Hall–Kier alpha value is -1.87. The quantitative estimate of drug-likeness (QED) is 0.265. The molecule has 0 bridgehead atoms. The van der Waals surface area contributed by atoms with E-state index in [0.29, 0.717) is 6.42 Å². The number of nitrogens with two attached hydrogens (primary N) is 1. The lowest BCUT2D eigenvalue weighted by molar-refractivity contribution is 0.318. The Morgan fingerprint density at radius 3 is 2.79 bits per heavy atom. The molecule has 0 fully saturated rings. The zero-order valence-corrected chi connectivity index (χ0v) is 11.0. The number of hydrogen-bond donors (Lipinski definition) is 4. The predicted octanol–water partition coefficient (Wildman–Crippen LogP) is 0.577. The van der Waals surface area contributed by atoms with Crippen molar-refractivity contribution in [3.05, 3.63) is 29.6 Å². The first-order valence-corrected chi connectivity index (χ1v) is 6.92. The van der Waals surface area contributed by atoms with E-state index in [0.717, 1.165) is 12.1 Å². The Kier molecular flexibility index (Phi) is 5.07. The lowest BCUT2D eigenvalue weighted by Crippen LogP contribution is -2.31. The molecule has 0 saturated carbocycles. The molecule has 9 heteroatoms. The third kappa shape index (κ3) is 4.38. The summed E-state index contributed by atoms with van der Waals surface area (Å²) in [5.74, 6) is -1.03. The van der Waals surface area contributed by atoms with E-state index in [4.69, 9.17) is 10.9 Å². The van der Waals surface area contributed by atoms with Crippen LogP contribution in [0.3, 0.4) is 0 Å². The van der Waals surface area contributed by atoms with Crippen LogP contribution in [0.2, 0.25) is 0 Å². The van der Waals surface area contributed by atoms with Crippen LogP contribution in [-0.4, -0.2) is 26.0 Å². The van der Waals surface area contributed by atoms with Crippen molar-refractivity contribution in [1.29, 1.82) is 0 Å². The molecule has 0 heterocycles. The van der Waals surface area contributed by atoms with E-state index in [1.54, 1.807) is 0 Å². The van der Waals surface area contributed by atoms with Gasteiger partial charge in [-0.3, -0.25) is 4.72 Å². The van der Waals surface area contributed by atoms with Crippen LogP contribution in [0.5, 0.6) is 0 Å². The summed E-state index contributed by atoms with van der Waals surface area (Å²) in [5.41, 5.74) is 5.32. The number of amidine groups is 1. The van der Waals surface area contributed by atoms with Crippen molar-refractivity contribution >= 4 is 21.7 Å². The Morgan fingerprint density at radius 2 is 2.21 bits per heavy atom. The lowest BCUT2D eigenvalue weighted by atomic mass is 10.1. The van der Waals surface area contributed by atoms with Crippen molar-refractivity contribution < 1.29 is 18.0 Å². The van der Waals surface area contributed by atoms with Gasteiger partial charge in [0, 0.05) is 12.1 Å². The summed E-state index contributed by atoms with van der Waals surface area (Å²) in [6.45, 7) is 2.07. The highest BCUT2D eigenvalue weighted by Gasteiger charge is 2.14. The zero-order chi connectivity index (χ0) is 14.5. The minimum absolute atomic E-state index is 0.0142. The second kappa shape index (κ2) is 6.34. The van der Waals surface area contributed by atoms with Gasteiger partial charge < -0.3 is 10.9 Å². The fraction of sp³-hybridized carbons (Fsp3) is 0.300. The number of rotatable bonds is 6. The van der Waals surface area contributed by atoms with Gasteiger partial charge in [-0.2, -0.15) is 13.1 Å². The summed E-state index contributed by atoms with van der Waals surface area (Å²) >= 11 is 0. The van der Waals surface area contributed by atoms with Crippen LogP contribution in [0, 0.1) is 5.82 Å². The average molecular weight is 290 g/mol. The van der Waals surface area contributed by atoms with Gasteiger partial charge in [-0.15, -0.1) is 0 Å². The molecule has 1 aromatic carbocycles. The van der Waals surface area contributed by atoms with Gasteiger partial charge in [-0.05, 0) is 24.6 Å². The van der Waals surface area contributed by atoms with Crippen LogP contribution in [0.4, 0.5) is 10.1 Å². The molecule has 0 atom stereocenters. The van der Waals surface area contributed by atoms with Crippen molar-refractivity contribution in [2.45, 2.75) is 13.3 Å². The summed E-state index contributed by atoms with van der Waals surface area (Å²) in [6, 6.07) is 3.21. The SMILES string of the molecule is CCCNS(=O)(=O)Nc1ccc(F)cc1/C(N)=N/O. The Balaban J connectivity index is 3.08. The van der Waals surface area contributed by atoms with E-state index in [1.165, 1.54) is 6.07 Å². The van der Waals surface area contributed by atoms with Gasteiger partial charge in [-0.1, -0.05) is 12.1 Å². The van der Waals surface area contributed by atoms with Gasteiger partial charge in [0.2, 0.25) is 0 Å². The van der Waals surface area contributed by atoms with Gasteiger partial charge >= 0.3 is 0 Å². The van der Waals surface area contributed by atoms with Crippen LogP contribution in [0.15, 0.2) is 23.4 Å². The number of nitrogens with zero attached hydrogens (tertiary/aromatic N) is 1. The molecule has 1 rings (SSSR count). The molecule has 0 saturated heterocycles. The molecule has 19 heavy (non-hydrogen) atoms. The molecule has 0 aliphatic rings. The summed E-state index contributed by atoms with van der Waals surface area (Å²) < 4.78 is 40.9. The van der Waals surface area contributed by atoms with Crippen LogP contribution < -0.4 is 15.2 Å². The maximum atomic E-state index is 13.1. The smallest absolute Gasteiger partial charge is 0.299 e. The second-order valence-corrected chi connectivity index (χ2v) is 5.17. The topological polar surface area (TPSA) is 117 Å². The van der Waals surface area contributed by atoms with Crippen molar-refractivity contribution in [1.82, 2.24) is 4.72 Å². The maximum absolute atomic E-state index is 13.1. The molecule has 106 valence electrons. The number of nitrogens with one attached hydrogen (secondary N) is 2. The van der Waals surface area contributed by atoms with E-state index in [2.05, 4.69) is 14.6 Å². The molecule has 0 aromatic heterocycles. The van der Waals surface area contributed by atoms with Gasteiger partial charge in [-0.25, -0.2) is 4.39 Å². The zero-order valence-electron chi connectivity index (χ0n) is 10.2. The molecular weight excluding hydrogens is 275 g/mol. The molecule has 0 aliphatic heterocycles. The van der Waals surface area contributed by atoms with E-state index in [-0.39, 0.29) is 17.8 Å². The van der Waals surface area contributed by atoms with Crippen LogP contribution in [0.25, 0.3) is 0 Å². The first kappa shape index (κ1) is 15.2. The number of oxime groups is 1. The molecule has 5 N–H and O–H groups in total. The summed E-state index contributed by atoms with van der Waals surface area (Å²) in [6.07, 6.45) is 0.622. The van der Waals surface area contributed by atoms with Crippen LogP contribution in [-0.2, 0) is 10.2 Å². The third-order valence-corrected chi connectivity index (χ3v) is 3.22. The fourth-order valence-corrected chi connectivity index (χ4v) is 2.30. The largest absolute Gasteiger partial charge is 0.409 e. The van der Waals surface area contributed by atoms with Gasteiger partial charge in [0.15, 0.2) is 5.84 Å². The fourth-order valence-electron chi connectivity index (χ4n) is 1.29. The van der Waals surface area contributed by atoms with Crippen molar-refractivity contribution in [3.8, 4) is 0 Å². The second-order valence-electron chi connectivity index (χ2n) is 3.67. The van der Waals surface area contributed by atoms with Crippen LogP contribution >= 0.6 is 0 Å². The highest BCUT2D eigenvalue weighted by Crippen LogP contribution is 2.17. The molecule has 0 radical (unpaired) electrons. The molecule has 0 amide bonds. The van der Waals surface area contributed by atoms with Gasteiger partial charge in [0.05, 0.1) is 5.69 Å². The summed E-state index contributed by atoms with van der Waals surface area (Å²) in [5, 5.41) is 11.3. The van der Waals surface area contributed by atoms with E-state index in [9.17, 15) is 12.8 Å². The minimum atomic E-state index is -3.79. The minimum Gasteiger partial charge on any atom is -0.409 e. The third-order valence-electron chi connectivity index (χ3n) is 2.15. The molecule has 0 aliphatic carbocycles. The van der Waals surface area contributed by atoms with Crippen molar-refractivity contribution in [3.63, 3.8) is 0 Å². The Bertz CT molecular complexity index is 574. The highest BCUT2D eigenvalue weighted by molar-refractivity contribution is 7.90.